The number of nitrogens with zero attached hydrogens (tertiary/aromatic N) is 2. The fourth-order valence-electron chi connectivity index (χ4n) is 4.28. The van der Waals surface area contributed by atoms with Crippen LogP contribution in [0.3, 0.4) is 0 Å². The summed E-state index contributed by atoms with van der Waals surface area (Å²) in [5.41, 5.74) is 4.96. The minimum atomic E-state index is -0.125. The van der Waals surface area contributed by atoms with Crippen LogP contribution in [0.2, 0.25) is 0 Å². The van der Waals surface area contributed by atoms with Gasteiger partial charge in [0.15, 0.2) is 0 Å². The maximum atomic E-state index is 6.12. The zero-order valence-corrected chi connectivity index (χ0v) is 14.7. The Morgan fingerprint density at radius 1 is 1.12 bits per heavy atom. The van der Waals surface area contributed by atoms with Crippen LogP contribution in [-0.4, -0.2) is 25.2 Å². The first-order valence-electron chi connectivity index (χ1n) is 8.85. The first-order chi connectivity index (χ1) is 12.8. The lowest BCUT2D eigenvalue weighted by Crippen LogP contribution is -2.35. The molecule has 0 amide bonds. The Hall–Kier alpha value is -3.01. The van der Waals surface area contributed by atoms with Gasteiger partial charge in [0.05, 0.1) is 12.5 Å². The number of anilines is 1. The highest BCUT2D eigenvalue weighted by atomic mass is 16.5. The zero-order valence-electron chi connectivity index (χ0n) is 14.7. The monoisotopic (exact) mass is 344 g/mol. The van der Waals surface area contributed by atoms with E-state index in [-0.39, 0.29) is 5.41 Å². The topological polar surface area (TPSA) is 34.6 Å². The number of ether oxygens (including phenoxy) is 2. The first kappa shape index (κ1) is 15.3. The quantitative estimate of drug-likeness (QED) is 0.724. The number of rotatable bonds is 3. The van der Waals surface area contributed by atoms with Crippen LogP contribution in [-0.2, 0) is 12.0 Å². The molecule has 1 aromatic heterocycles. The Bertz CT molecular complexity index is 957. The van der Waals surface area contributed by atoms with Gasteiger partial charge in [-0.05, 0) is 29.3 Å². The molecule has 3 aromatic rings. The molecule has 2 aliphatic rings. The molecule has 130 valence electrons. The summed E-state index contributed by atoms with van der Waals surface area (Å²) in [6.07, 6.45) is 3.76. The Morgan fingerprint density at radius 2 is 2.04 bits per heavy atom. The summed E-state index contributed by atoms with van der Waals surface area (Å²) in [5.74, 6) is 1.77. The van der Waals surface area contributed by atoms with Gasteiger partial charge in [-0.2, -0.15) is 0 Å². The van der Waals surface area contributed by atoms with Gasteiger partial charge >= 0.3 is 0 Å². The molecule has 1 spiro atoms. The van der Waals surface area contributed by atoms with Gasteiger partial charge in [0.1, 0.15) is 18.1 Å². The number of benzene rings is 2. The SMILES string of the molecule is COc1ccc2c(c1)OCC21CN(Cc2cccnc2)c2ccccc21. The minimum Gasteiger partial charge on any atom is -0.497 e. The lowest BCUT2D eigenvalue weighted by molar-refractivity contribution is 0.298. The molecule has 3 heterocycles. The number of pyridine rings is 1. The molecule has 2 aromatic carbocycles. The molecule has 0 aliphatic carbocycles. The molecule has 1 atom stereocenters. The summed E-state index contributed by atoms with van der Waals surface area (Å²) in [5, 5.41) is 0. The van der Waals surface area contributed by atoms with E-state index in [0.29, 0.717) is 6.61 Å². The van der Waals surface area contributed by atoms with Crippen LogP contribution in [0.5, 0.6) is 11.5 Å². The van der Waals surface area contributed by atoms with Gasteiger partial charge in [-0.25, -0.2) is 0 Å². The van der Waals surface area contributed by atoms with E-state index < -0.39 is 0 Å². The van der Waals surface area contributed by atoms with Crippen molar-refractivity contribution in [3.63, 3.8) is 0 Å². The number of hydrogen-bond donors (Lipinski definition) is 0. The van der Waals surface area contributed by atoms with Crippen molar-refractivity contribution in [1.29, 1.82) is 0 Å². The lowest BCUT2D eigenvalue weighted by atomic mass is 9.78. The molecule has 0 bridgehead atoms. The normalized spacial score (nSPS) is 20.0. The fourth-order valence-corrected chi connectivity index (χ4v) is 4.28. The van der Waals surface area contributed by atoms with Crippen molar-refractivity contribution >= 4 is 5.69 Å². The summed E-state index contributed by atoms with van der Waals surface area (Å²) in [4.78, 5) is 6.70. The Kier molecular flexibility index (Phi) is 3.38. The van der Waals surface area contributed by atoms with E-state index in [2.05, 4.69) is 46.3 Å². The van der Waals surface area contributed by atoms with Crippen molar-refractivity contribution in [2.45, 2.75) is 12.0 Å². The third-order valence-corrected chi connectivity index (χ3v) is 5.50. The average molecular weight is 344 g/mol. The smallest absolute Gasteiger partial charge is 0.127 e. The molecular formula is C22H20N2O2. The predicted molar refractivity (Wildman–Crippen MR) is 101 cm³/mol. The maximum Gasteiger partial charge on any atom is 0.127 e. The second-order valence-corrected chi connectivity index (χ2v) is 6.97. The number of para-hydroxylation sites is 1. The van der Waals surface area contributed by atoms with Crippen LogP contribution in [0, 0.1) is 0 Å². The third kappa shape index (κ3) is 2.18. The van der Waals surface area contributed by atoms with E-state index in [0.717, 1.165) is 24.6 Å². The molecule has 0 N–H and O–H groups in total. The highest BCUT2D eigenvalue weighted by Gasteiger charge is 2.49. The van der Waals surface area contributed by atoms with Gasteiger partial charge < -0.3 is 14.4 Å². The first-order valence-corrected chi connectivity index (χ1v) is 8.85. The van der Waals surface area contributed by atoms with Crippen LogP contribution >= 0.6 is 0 Å². The fraction of sp³-hybridized carbons (Fsp3) is 0.227. The van der Waals surface area contributed by atoms with Gasteiger partial charge in [-0.1, -0.05) is 30.3 Å². The number of hydrogen-bond acceptors (Lipinski definition) is 4. The van der Waals surface area contributed by atoms with Gasteiger partial charge in [0.2, 0.25) is 0 Å². The van der Waals surface area contributed by atoms with E-state index in [9.17, 15) is 0 Å². The molecule has 1 unspecified atom stereocenters. The van der Waals surface area contributed by atoms with E-state index in [4.69, 9.17) is 9.47 Å². The summed E-state index contributed by atoms with van der Waals surface area (Å²) in [6.45, 7) is 2.41. The number of aromatic nitrogens is 1. The largest absolute Gasteiger partial charge is 0.497 e. The molecule has 0 saturated carbocycles. The third-order valence-electron chi connectivity index (χ3n) is 5.50. The van der Waals surface area contributed by atoms with Crippen LogP contribution in [0.25, 0.3) is 0 Å². The van der Waals surface area contributed by atoms with Crippen LogP contribution in [0.1, 0.15) is 16.7 Å². The molecule has 26 heavy (non-hydrogen) atoms. The Labute approximate surface area is 153 Å². The van der Waals surface area contributed by atoms with Crippen molar-refractivity contribution in [1.82, 2.24) is 4.98 Å². The van der Waals surface area contributed by atoms with E-state index >= 15 is 0 Å². The molecule has 0 saturated heterocycles. The van der Waals surface area contributed by atoms with Gasteiger partial charge in [0, 0.05) is 42.8 Å². The molecule has 0 fully saturated rings. The summed E-state index contributed by atoms with van der Waals surface area (Å²) < 4.78 is 11.5. The Balaban J connectivity index is 1.58. The highest BCUT2D eigenvalue weighted by molar-refractivity contribution is 5.69. The minimum absolute atomic E-state index is 0.125. The molecule has 4 nitrogen and oxygen atoms in total. The second kappa shape index (κ2) is 5.77. The van der Waals surface area contributed by atoms with Crippen molar-refractivity contribution in [2.24, 2.45) is 0 Å². The number of fused-ring (bicyclic) bond motifs is 4. The predicted octanol–water partition coefficient (Wildman–Crippen LogP) is 3.79. The average Bonchev–Trinajstić information content (AvgIpc) is 3.22. The zero-order chi connectivity index (χ0) is 17.6. The molecule has 5 rings (SSSR count). The van der Waals surface area contributed by atoms with E-state index in [1.54, 1.807) is 7.11 Å². The summed E-state index contributed by atoms with van der Waals surface area (Å²) >= 11 is 0. The van der Waals surface area contributed by atoms with Crippen LogP contribution in [0.15, 0.2) is 67.0 Å². The second-order valence-electron chi connectivity index (χ2n) is 6.97. The van der Waals surface area contributed by atoms with Gasteiger partial charge in [-0.15, -0.1) is 0 Å². The van der Waals surface area contributed by atoms with Crippen molar-refractivity contribution in [3.05, 3.63) is 83.7 Å². The van der Waals surface area contributed by atoms with E-state index in [1.807, 2.05) is 30.6 Å². The van der Waals surface area contributed by atoms with Gasteiger partial charge in [0.25, 0.3) is 0 Å². The molecule has 2 aliphatic heterocycles. The van der Waals surface area contributed by atoms with Crippen LogP contribution in [0.4, 0.5) is 5.69 Å². The molecule has 4 heteroatoms. The highest BCUT2D eigenvalue weighted by Crippen LogP contribution is 2.52. The van der Waals surface area contributed by atoms with Crippen molar-refractivity contribution < 1.29 is 9.47 Å². The summed E-state index contributed by atoms with van der Waals surface area (Å²) in [7, 11) is 1.69. The van der Waals surface area contributed by atoms with Crippen LogP contribution < -0.4 is 14.4 Å². The Morgan fingerprint density at radius 3 is 2.88 bits per heavy atom. The van der Waals surface area contributed by atoms with Gasteiger partial charge in [-0.3, -0.25) is 4.98 Å². The number of methoxy groups -OCH3 is 1. The molecule has 0 radical (unpaired) electrons. The standard InChI is InChI=1S/C22H20N2O2/c1-25-17-8-9-19-21(11-17)26-15-22(19)14-24(13-16-5-4-10-23-12-16)20-7-3-2-6-18(20)22/h2-12H,13-15H2,1H3. The van der Waals surface area contributed by atoms with E-state index in [1.165, 1.54) is 22.4 Å². The van der Waals surface area contributed by atoms with Crippen molar-refractivity contribution in [2.75, 3.05) is 25.2 Å². The maximum absolute atomic E-state index is 6.12. The molecular weight excluding hydrogens is 324 g/mol. The van der Waals surface area contributed by atoms with Crippen molar-refractivity contribution in [3.8, 4) is 11.5 Å². The summed E-state index contributed by atoms with van der Waals surface area (Å²) in [6, 6.07) is 19.0. The lowest BCUT2D eigenvalue weighted by Gasteiger charge is -2.25.